The van der Waals surface area contributed by atoms with Gasteiger partial charge in [-0.05, 0) is 25.2 Å². The van der Waals surface area contributed by atoms with Crippen LogP contribution in [0.2, 0.25) is 0 Å². The number of aromatic nitrogens is 2. The first-order valence-corrected chi connectivity index (χ1v) is 7.68. The zero-order valence-electron chi connectivity index (χ0n) is 12.8. The van der Waals surface area contributed by atoms with Crippen LogP contribution in [-0.4, -0.2) is 14.9 Å². The lowest BCUT2D eigenvalue weighted by Crippen LogP contribution is -2.33. The van der Waals surface area contributed by atoms with Gasteiger partial charge in [0.2, 0.25) is 0 Å². The molecule has 0 aromatic carbocycles. The van der Waals surface area contributed by atoms with Gasteiger partial charge in [-0.2, -0.15) is 10.4 Å². The molecule has 0 amide bonds. The van der Waals surface area contributed by atoms with Crippen molar-refractivity contribution in [1.82, 2.24) is 9.78 Å². The lowest BCUT2D eigenvalue weighted by molar-refractivity contribution is 0.0179. The maximum absolute atomic E-state index is 10.9. The largest absolute Gasteiger partial charge is 0.387 e. The minimum absolute atomic E-state index is 0.555. The fourth-order valence-electron chi connectivity index (χ4n) is 3.54. The summed E-state index contributed by atoms with van der Waals surface area (Å²) >= 11 is 0. The van der Waals surface area contributed by atoms with Gasteiger partial charge < -0.3 is 5.11 Å². The molecule has 0 aliphatic heterocycles. The van der Waals surface area contributed by atoms with Crippen molar-refractivity contribution in [3.63, 3.8) is 0 Å². The number of nitrogens with zero attached hydrogens (tertiary/aromatic N) is 3. The van der Waals surface area contributed by atoms with Crippen molar-refractivity contribution < 1.29 is 5.11 Å². The van der Waals surface area contributed by atoms with E-state index in [1.807, 2.05) is 20.2 Å². The van der Waals surface area contributed by atoms with Crippen molar-refractivity contribution >= 4 is 0 Å². The SMILES string of the molecule is CCc1nn(C)cc1C(O)C1(C#N)CCCC(CC)C1. The van der Waals surface area contributed by atoms with E-state index in [2.05, 4.69) is 18.1 Å². The first-order valence-electron chi connectivity index (χ1n) is 7.68. The van der Waals surface area contributed by atoms with Gasteiger partial charge >= 0.3 is 0 Å². The van der Waals surface area contributed by atoms with E-state index in [0.717, 1.165) is 43.4 Å². The van der Waals surface area contributed by atoms with E-state index in [0.29, 0.717) is 5.92 Å². The second-order valence-corrected chi connectivity index (χ2v) is 6.10. The summed E-state index contributed by atoms with van der Waals surface area (Å²) in [5.41, 5.74) is 1.12. The number of hydrogen-bond donors (Lipinski definition) is 1. The molecular formula is C16H25N3O. The lowest BCUT2D eigenvalue weighted by Gasteiger charge is -2.38. The van der Waals surface area contributed by atoms with E-state index in [4.69, 9.17) is 0 Å². The van der Waals surface area contributed by atoms with Gasteiger partial charge in [0, 0.05) is 18.8 Å². The van der Waals surface area contributed by atoms with Gasteiger partial charge in [0.25, 0.3) is 0 Å². The fraction of sp³-hybridized carbons (Fsp3) is 0.750. The van der Waals surface area contributed by atoms with Crippen LogP contribution in [0.3, 0.4) is 0 Å². The molecule has 1 heterocycles. The Kier molecular flexibility index (Phi) is 4.49. The molecule has 1 aromatic rings. The van der Waals surface area contributed by atoms with Crippen LogP contribution in [0.25, 0.3) is 0 Å². The molecule has 4 nitrogen and oxygen atoms in total. The Labute approximate surface area is 121 Å². The van der Waals surface area contributed by atoms with Gasteiger partial charge in [0.1, 0.15) is 6.10 Å². The summed E-state index contributed by atoms with van der Waals surface area (Å²) in [5, 5.41) is 25.0. The monoisotopic (exact) mass is 275 g/mol. The number of aliphatic hydroxyl groups is 1. The standard InChI is InChI=1S/C16H25N3O/c1-4-12-7-6-8-16(9-12,11-17)15(20)13-10-19(3)18-14(13)5-2/h10,12,15,20H,4-9H2,1-3H3. The summed E-state index contributed by atoms with van der Waals surface area (Å²) < 4.78 is 1.74. The van der Waals surface area contributed by atoms with Crippen molar-refractivity contribution in [2.75, 3.05) is 0 Å². The van der Waals surface area contributed by atoms with Crippen LogP contribution in [0.4, 0.5) is 0 Å². The van der Waals surface area contributed by atoms with Crippen molar-refractivity contribution in [1.29, 1.82) is 5.26 Å². The van der Waals surface area contributed by atoms with Crippen LogP contribution >= 0.6 is 0 Å². The Hall–Kier alpha value is -1.34. The number of hydrogen-bond acceptors (Lipinski definition) is 3. The van der Waals surface area contributed by atoms with E-state index in [9.17, 15) is 10.4 Å². The van der Waals surface area contributed by atoms with Crippen molar-refractivity contribution in [3.05, 3.63) is 17.5 Å². The van der Waals surface area contributed by atoms with Crippen LogP contribution in [0, 0.1) is 22.7 Å². The quantitative estimate of drug-likeness (QED) is 0.918. The second kappa shape index (κ2) is 5.97. The molecule has 0 spiro atoms. The minimum atomic E-state index is -0.717. The van der Waals surface area contributed by atoms with E-state index >= 15 is 0 Å². The second-order valence-electron chi connectivity index (χ2n) is 6.10. The van der Waals surface area contributed by atoms with Gasteiger partial charge in [0.05, 0.1) is 17.2 Å². The lowest BCUT2D eigenvalue weighted by atomic mass is 9.65. The first-order chi connectivity index (χ1) is 9.56. The summed E-state index contributed by atoms with van der Waals surface area (Å²) in [6.07, 6.45) is 6.84. The summed E-state index contributed by atoms with van der Waals surface area (Å²) in [6.45, 7) is 4.21. The van der Waals surface area contributed by atoms with Crippen LogP contribution in [0.5, 0.6) is 0 Å². The molecule has 1 fully saturated rings. The Morgan fingerprint density at radius 2 is 2.35 bits per heavy atom. The molecule has 20 heavy (non-hydrogen) atoms. The molecule has 1 aromatic heterocycles. The fourth-order valence-corrected chi connectivity index (χ4v) is 3.54. The normalized spacial score (nSPS) is 28.1. The van der Waals surface area contributed by atoms with Gasteiger partial charge in [-0.15, -0.1) is 0 Å². The number of nitriles is 1. The summed E-state index contributed by atoms with van der Waals surface area (Å²) in [4.78, 5) is 0. The molecule has 1 N–H and O–H groups in total. The molecular weight excluding hydrogens is 250 g/mol. The van der Waals surface area contributed by atoms with E-state index in [1.54, 1.807) is 4.68 Å². The third-order valence-corrected chi connectivity index (χ3v) is 4.78. The van der Waals surface area contributed by atoms with E-state index < -0.39 is 11.5 Å². The molecule has 1 aliphatic rings. The number of aliphatic hydroxyl groups excluding tert-OH is 1. The van der Waals surface area contributed by atoms with Gasteiger partial charge in [-0.1, -0.05) is 33.1 Å². The van der Waals surface area contributed by atoms with Crippen LogP contribution in [-0.2, 0) is 13.5 Å². The first kappa shape index (κ1) is 15.1. The van der Waals surface area contributed by atoms with E-state index in [1.165, 1.54) is 6.42 Å². The summed E-state index contributed by atoms with van der Waals surface area (Å²) in [5.74, 6) is 0.555. The third-order valence-electron chi connectivity index (χ3n) is 4.78. The molecule has 0 saturated heterocycles. The van der Waals surface area contributed by atoms with Crippen molar-refractivity contribution in [3.8, 4) is 6.07 Å². The maximum Gasteiger partial charge on any atom is 0.101 e. The predicted octanol–water partition coefficient (Wildman–Crippen LogP) is 3.13. The average Bonchev–Trinajstić information content (AvgIpc) is 2.87. The molecule has 2 rings (SSSR count). The molecule has 110 valence electrons. The summed E-state index contributed by atoms with van der Waals surface area (Å²) in [7, 11) is 1.87. The number of rotatable bonds is 4. The third kappa shape index (κ3) is 2.60. The highest BCUT2D eigenvalue weighted by atomic mass is 16.3. The van der Waals surface area contributed by atoms with Crippen LogP contribution in [0.1, 0.15) is 63.3 Å². The van der Waals surface area contributed by atoms with Gasteiger partial charge in [-0.3, -0.25) is 4.68 Å². The molecule has 3 unspecified atom stereocenters. The summed E-state index contributed by atoms with van der Waals surface area (Å²) in [6, 6.07) is 2.45. The molecule has 4 heteroatoms. The average molecular weight is 275 g/mol. The molecule has 0 bridgehead atoms. The van der Waals surface area contributed by atoms with Gasteiger partial charge in [-0.25, -0.2) is 0 Å². The molecule has 1 saturated carbocycles. The molecule has 1 aliphatic carbocycles. The Morgan fingerprint density at radius 3 is 2.95 bits per heavy atom. The highest BCUT2D eigenvalue weighted by Gasteiger charge is 2.44. The van der Waals surface area contributed by atoms with Crippen molar-refractivity contribution in [2.24, 2.45) is 18.4 Å². The molecule has 0 radical (unpaired) electrons. The van der Waals surface area contributed by atoms with Crippen LogP contribution in [0.15, 0.2) is 6.20 Å². The highest BCUT2D eigenvalue weighted by Crippen LogP contribution is 2.48. The number of aryl methyl sites for hydroxylation is 2. The minimum Gasteiger partial charge on any atom is -0.387 e. The zero-order chi connectivity index (χ0) is 14.8. The van der Waals surface area contributed by atoms with E-state index in [-0.39, 0.29) is 0 Å². The van der Waals surface area contributed by atoms with Crippen LogP contribution < -0.4 is 0 Å². The van der Waals surface area contributed by atoms with Gasteiger partial charge in [0.15, 0.2) is 0 Å². The smallest absolute Gasteiger partial charge is 0.101 e. The molecule has 3 atom stereocenters. The predicted molar refractivity (Wildman–Crippen MR) is 77.8 cm³/mol. The Balaban J connectivity index is 2.33. The highest BCUT2D eigenvalue weighted by molar-refractivity contribution is 5.25. The maximum atomic E-state index is 10.9. The van der Waals surface area contributed by atoms with Crippen molar-refractivity contribution in [2.45, 2.75) is 58.5 Å². The zero-order valence-corrected chi connectivity index (χ0v) is 12.8. The Morgan fingerprint density at radius 1 is 1.60 bits per heavy atom. The topological polar surface area (TPSA) is 61.8 Å². The Bertz CT molecular complexity index is 502.